The molecule has 0 aromatic heterocycles. The zero-order valence-corrected chi connectivity index (χ0v) is 6.51. The van der Waals surface area contributed by atoms with Gasteiger partial charge in [0.25, 0.3) is 0 Å². The van der Waals surface area contributed by atoms with Crippen LogP contribution in [0.3, 0.4) is 0 Å². The summed E-state index contributed by atoms with van der Waals surface area (Å²) in [5, 5.41) is 0. The van der Waals surface area contributed by atoms with E-state index in [2.05, 4.69) is 37.8 Å². The van der Waals surface area contributed by atoms with Crippen LogP contribution in [-0.4, -0.2) is 0 Å². The van der Waals surface area contributed by atoms with E-state index in [1.54, 1.807) is 0 Å². The minimum atomic E-state index is 0.259. The van der Waals surface area contributed by atoms with Crippen LogP contribution in [0.25, 0.3) is 0 Å². The molecule has 54 valence electrons. The molecule has 1 atom stereocenters. The minimum absolute atomic E-state index is 0.259. The lowest BCUT2D eigenvalue weighted by Gasteiger charge is -2.25. The zero-order valence-electron chi connectivity index (χ0n) is 6.51. The highest BCUT2D eigenvalue weighted by atomic mass is 14.2. The van der Waals surface area contributed by atoms with E-state index < -0.39 is 0 Å². The summed E-state index contributed by atoms with van der Waals surface area (Å²) in [4.78, 5) is 0. The summed E-state index contributed by atoms with van der Waals surface area (Å²) in [5.41, 5.74) is 0.259. The van der Waals surface area contributed by atoms with Gasteiger partial charge in [-0.25, -0.2) is 0 Å². The Morgan fingerprint density at radius 2 is 2.40 bits per heavy atom. The monoisotopic (exact) mass is 134 g/mol. The summed E-state index contributed by atoms with van der Waals surface area (Å²) in [5.74, 6) is 0. The summed E-state index contributed by atoms with van der Waals surface area (Å²) in [6.07, 6.45) is 12.9. The van der Waals surface area contributed by atoms with E-state index in [1.165, 1.54) is 0 Å². The Morgan fingerprint density at radius 3 is 2.70 bits per heavy atom. The third-order valence-electron chi connectivity index (χ3n) is 2.24. The zero-order chi connectivity index (χ0) is 7.45. The van der Waals surface area contributed by atoms with Crippen molar-refractivity contribution in [2.24, 2.45) is 5.41 Å². The number of hydrogen-bond acceptors (Lipinski definition) is 0. The van der Waals surface area contributed by atoms with Gasteiger partial charge in [-0.05, 0) is 12.8 Å². The third kappa shape index (κ3) is 1.21. The predicted molar refractivity (Wildman–Crippen MR) is 45.8 cm³/mol. The first-order valence-corrected chi connectivity index (χ1v) is 3.81. The molecule has 0 saturated carbocycles. The minimum Gasteiger partial charge on any atom is -0.102 e. The maximum atomic E-state index is 3.84. The molecule has 1 unspecified atom stereocenters. The molecule has 0 heteroatoms. The maximum absolute atomic E-state index is 3.84. The van der Waals surface area contributed by atoms with Crippen molar-refractivity contribution in [3.8, 4) is 0 Å². The van der Waals surface area contributed by atoms with Crippen molar-refractivity contribution in [3.05, 3.63) is 37.0 Å². The molecule has 1 aliphatic rings. The number of rotatable bonds is 2. The van der Waals surface area contributed by atoms with E-state index in [1.807, 2.05) is 6.08 Å². The molecule has 0 radical (unpaired) electrons. The highest BCUT2D eigenvalue weighted by molar-refractivity contribution is 5.21. The summed E-state index contributed by atoms with van der Waals surface area (Å²) >= 11 is 0. The van der Waals surface area contributed by atoms with Crippen LogP contribution >= 0.6 is 0 Å². The van der Waals surface area contributed by atoms with Crippen LogP contribution in [-0.2, 0) is 0 Å². The van der Waals surface area contributed by atoms with Crippen molar-refractivity contribution in [1.82, 2.24) is 0 Å². The van der Waals surface area contributed by atoms with E-state index in [0.717, 1.165) is 12.8 Å². The van der Waals surface area contributed by atoms with Gasteiger partial charge in [-0.1, -0.05) is 37.3 Å². The summed E-state index contributed by atoms with van der Waals surface area (Å²) in [6.45, 7) is 6.04. The first-order valence-electron chi connectivity index (χ1n) is 3.81. The van der Waals surface area contributed by atoms with Crippen LogP contribution in [0.15, 0.2) is 37.0 Å². The fourth-order valence-electron chi connectivity index (χ4n) is 1.24. The predicted octanol–water partition coefficient (Wildman–Crippen LogP) is 3.08. The van der Waals surface area contributed by atoms with E-state index in [9.17, 15) is 0 Å². The molecule has 0 spiro atoms. The molecule has 0 saturated heterocycles. The van der Waals surface area contributed by atoms with E-state index in [4.69, 9.17) is 0 Å². The topological polar surface area (TPSA) is 0 Å². The molecule has 10 heavy (non-hydrogen) atoms. The summed E-state index contributed by atoms with van der Waals surface area (Å²) in [7, 11) is 0. The second-order valence-corrected chi connectivity index (χ2v) is 2.78. The Hall–Kier alpha value is -0.780. The van der Waals surface area contributed by atoms with Crippen molar-refractivity contribution in [2.75, 3.05) is 0 Å². The Bertz CT molecular complexity index is 174. The highest BCUT2D eigenvalue weighted by Gasteiger charge is 2.19. The lowest BCUT2D eigenvalue weighted by Crippen LogP contribution is -2.13. The molecule has 1 rings (SSSR count). The van der Waals surface area contributed by atoms with Crippen LogP contribution in [0.5, 0.6) is 0 Å². The third-order valence-corrected chi connectivity index (χ3v) is 2.24. The lowest BCUT2D eigenvalue weighted by atomic mass is 9.79. The van der Waals surface area contributed by atoms with Crippen molar-refractivity contribution >= 4 is 0 Å². The van der Waals surface area contributed by atoms with Crippen LogP contribution in [0.4, 0.5) is 0 Å². The SMILES string of the molecule is C=CC1(CC)C=CC=CC1. The van der Waals surface area contributed by atoms with E-state index >= 15 is 0 Å². The standard InChI is InChI=1S/C10H14/c1-3-10(4-2)8-6-5-7-9-10/h3,5-8H,1,4,9H2,2H3. The molecule has 0 nitrogen and oxygen atoms in total. The summed E-state index contributed by atoms with van der Waals surface area (Å²) < 4.78 is 0. The Kier molecular flexibility index (Phi) is 2.10. The van der Waals surface area contributed by atoms with Gasteiger partial charge in [0.05, 0.1) is 0 Å². The van der Waals surface area contributed by atoms with Gasteiger partial charge in [-0.3, -0.25) is 0 Å². The molecule has 0 bridgehead atoms. The van der Waals surface area contributed by atoms with Crippen LogP contribution in [0.2, 0.25) is 0 Å². The first-order chi connectivity index (χ1) is 4.83. The molecular formula is C10H14. The second-order valence-electron chi connectivity index (χ2n) is 2.78. The van der Waals surface area contributed by atoms with Crippen LogP contribution in [0.1, 0.15) is 19.8 Å². The fraction of sp³-hybridized carbons (Fsp3) is 0.400. The van der Waals surface area contributed by atoms with Gasteiger partial charge >= 0.3 is 0 Å². The number of hydrogen-bond donors (Lipinski definition) is 0. The Balaban J connectivity index is 2.75. The van der Waals surface area contributed by atoms with Gasteiger partial charge in [-0.15, -0.1) is 6.58 Å². The van der Waals surface area contributed by atoms with Crippen molar-refractivity contribution in [1.29, 1.82) is 0 Å². The quantitative estimate of drug-likeness (QED) is 0.509. The van der Waals surface area contributed by atoms with E-state index in [0.29, 0.717) is 0 Å². The van der Waals surface area contributed by atoms with Crippen LogP contribution < -0.4 is 0 Å². The molecule has 0 fully saturated rings. The average molecular weight is 134 g/mol. The van der Waals surface area contributed by atoms with Gasteiger partial charge in [0.1, 0.15) is 0 Å². The van der Waals surface area contributed by atoms with Gasteiger partial charge in [0.2, 0.25) is 0 Å². The fourth-order valence-corrected chi connectivity index (χ4v) is 1.24. The smallest absolute Gasteiger partial charge is 0.00933 e. The normalized spacial score (nSPS) is 30.5. The largest absolute Gasteiger partial charge is 0.102 e. The molecule has 0 aliphatic heterocycles. The average Bonchev–Trinajstić information content (AvgIpc) is 2.06. The Morgan fingerprint density at radius 1 is 1.60 bits per heavy atom. The van der Waals surface area contributed by atoms with Gasteiger partial charge < -0.3 is 0 Å². The molecule has 0 amide bonds. The molecule has 1 aliphatic carbocycles. The molecule has 0 N–H and O–H groups in total. The molecule has 0 heterocycles. The van der Waals surface area contributed by atoms with E-state index in [-0.39, 0.29) is 5.41 Å². The highest BCUT2D eigenvalue weighted by Crippen LogP contribution is 2.32. The molecule has 0 aromatic carbocycles. The lowest BCUT2D eigenvalue weighted by molar-refractivity contribution is 0.477. The second kappa shape index (κ2) is 2.87. The summed E-state index contributed by atoms with van der Waals surface area (Å²) in [6, 6.07) is 0. The van der Waals surface area contributed by atoms with Gasteiger partial charge in [-0.2, -0.15) is 0 Å². The van der Waals surface area contributed by atoms with Crippen molar-refractivity contribution in [2.45, 2.75) is 19.8 Å². The Labute approximate surface area is 62.9 Å². The molecule has 0 aromatic rings. The molecular weight excluding hydrogens is 120 g/mol. The number of allylic oxidation sites excluding steroid dienone is 5. The maximum Gasteiger partial charge on any atom is 0.00933 e. The van der Waals surface area contributed by atoms with Crippen molar-refractivity contribution < 1.29 is 0 Å². The van der Waals surface area contributed by atoms with Crippen LogP contribution in [0, 0.1) is 5.41 Å². The van der Waals surface area contributed by atoms with Gasteiger partial charge in [0, 0.05) is 5.41 Å². The van der Waals surface area contributed by atoms with Gasteiger partial charge in [0.15, 0.2) is 0 Å². The van der Waals surface area contributed by atoms with Crippen molar-refractivity contribution in [3.63, 3.8) is 0 Å². The first kappa shape index (κ1) is 7.33.